The predicted octanol–water partition coefficient (Wildman–Crippen LogP) is 0.459. The Bertz CT molecular complexity index is 501. The molecule has 1 rings (SSSR count). The van der Waals surface area contributed by atoms with E-state index in [1.807, 2.05) is 0 Å². The van der Waals surface area contributed by atoms with Crippen molar-refractivity contribution >= 4 is 9.84 Å². The average molecular weight is 317 g/mol. The number of rotatable bonds is 10. The molecule has 21 heavy (non-hydrogen) atoms. The minimum absolute atomic E-state index is 0.0789. The van der Waals surface area contributed by atoms with Crippen LogP contribution in [0.5, 0.6) is 11.5 Å². The van der Waals surface area contributed by atoms with Crippen LogP contribution in [-0.2, 0) is 9.84 Å². The minimum atomic E-state index is -2.97. The molecule has 0 spiro atoms. The summed E-state index contributed by atoms with van der Waals surface area (Å²) in [6, 6.07) is 7.06. The number of hydrogen-bond acceptors (Lipinski definition) is 6. The van der Waals surface area contributed by atoms with Gasteiger partial charge < -0.3 is 19.9 Å². The van der Waals surface area contributed by atoms with Gasteiger partial charge in [-0.2, -0.15) is 0 Å². The van der Waals surface area contributed by atoms with Gasteiger partial charge >= 0.3 is 0 Å². The topological polar surface area (TPSA) is 84.9 Å². The number of methoxy groups -OCH3 is 1. The smallest absolute Gasteiger partial charge is 0.151 e. The number of ether oxygens (including phenoxy) is 2. The van der Waals surface area contributed by atoms with Crippen molar-refractivity contribution in [3.8, 4) is 11.5 Å². The van der Waals surface area contributed by atoms with Crippen LogP contribution in [0, 0.1) is 0 Å². The highest BCUT2D eigenvalue weighted by Gasteiger charge is 2.08. The Hall–Kier alpha value is -1.31. The van der Waals surface area contributed by atoms with E-state index >= 15 is 0 Å². The maximum atomic E-state index is 11.3. The first-order valence-electron chi connectivity index (χ1n) is 6.83. The molecule has 0 radical (unpaired) electrons. The summed E-state index contributed by atoms with van der Waals surface area (Å²) in [5, 5.41) is 12.6. The number of nitrogens with one attached hydrogen (secondary N) is 1. The highest BCUT2D eigenvalue weighted by molar-refractivity contribution is 7.91. The summed E-state index contributed by atoms with van der Waals surface area (Å²) in [5.74, 6) is 1.60. The summed E-state index contributed by atoms with van der Waals surface area (Å²) >= 11 is 0. The quantitative estimate of drug-likeness (QED) is 0.610. The molecule has 2 N–H and O–H groups in total. The van der Waals surface area contributed by atoms with Gasteiger partial charge in [-0.15, -0.1) is 0 Å². The molecule has 0 saturated heterocycles. The number of aliphatic hydroxyl groups is 1. The van der Waals surface area contributed by atoms with Crippen LogP contribution in [0.2, 0.25) is 0 Å². The SMILES string of the molecule is CCS(=O)(=O)CCNCC(O)COc1ccc(OC)cc1. The van der Waals surface area contributed by atoms with E-state index in [-0.39, 0.29) is 24.7 Å². The Labute approximate surface area is 126 Å². The Balaban J connectivity index is 2.20. The van der Waals surface area contributed by atoms with Crippen molar-refractivity contribution < 1.29 is 23.0 Å². The van der Waals surface area contributed by atoms with Gasteiger partial charge in [-0.3, -0.25) is 0 Å². The van der Waals surface area contributed by atoms with Crippen LogP contribution in [0.15, 0.2) is 24.3 Å². The number of sulfone groups is 1. The highest BCUT2D eigenvalue weighted by Crippen LogP contribution is 2.16. The van der Waals surface area contributed by atoms with Crippen LogP contribution in [0.4, 0.5) is 0 Å². The van der Waals surface area contributed by atoms with Crippen molar-refractivity contribution in [3.63, 3.8) is 0 Å². The summed E-state index contributed by atoms with van der Waals surface area (Å²) in [7, 11) is -1.38. The van der Waals surface area contributed by atoms with Crippen LogP contribution < -0.4 is 14.8 Å². The molecule has 1 aromatic rings. The Kier molecular flexibility index (Phi) is 7.49. The standard InChI is InChI=1S/C14H23NO5S/c1-3-21(17,18)9-8-15-10-12(16)11-20-14-6-4-13(19-2)5-7-14/h4-7,12,15-16H,3,8-11H2,1-2H3. The fourth-order valence-corrected chi connectivity index (χ4v) is 2.31. The van der Waals surface area contributed by atoms with Crippen molar-refractivity contribution in [3.05, 3.63) is 24.3 Å². The van der Waals surface area contributed by atoms with E-state index in [1.165, 1.54) is 0 Å². The van der Waals surface area contributed by atoms with Gasteiger partial charge in [0.25, 0.3) is 0 Å². The van der Waals surface area contributed by atoms with Crippen LogP contribution in [0.3, 0.4) is 0 Å². The molecule has 120 valence electrons. The first-order valence-corrected chi connectivity index (χ1v) is 8.65. The van der Waals surface area contributed by atoms with Crippen LogP contribution in [0.1, 0.15) is 6.92 Å². The van der Waals surface area contributed by atoms with Crippen molar-refractivity contribution in [2.45, 2.75) is 13.0 Å². The zero-order chi connectivity index (χ0) is 15.7. The molecule has 0 aliphatic heterocycles. The molecule has 0 aliphatic rings. The predicted molar refractivity (Wildman–Crippen MR) is 81.7 cm³/mol. The van der Waals surface area contributed by atoms with E-state index in [0.29, 0.717) is 12.3 Å². The molecule has 6 nitrogen and oxygen atoms in total. The molecule has 0 amide bonds. The molecule has 0 aliphatic carbocycles. The summed E-state index contributed by atoms with van der Waals surface area (Å²) in [5.41, 5.74) is 0. The average Bonchev–Trinajstić information content (AvgIpc) is 2.50. The minimum Gasteiger partial charge on any atom is -0.497 e. The molecule has 1 atom stereocenters. The number of hydrogen-bond donors (Lipinski definition) is 2. The van der Waals surface area contributed by atoms with E-state index in [0.717, 1.165) is 5.75 Å². The lowest BCUT2D eigenvalue weighted by molar-refractivity contribution is 0.107. The molecular weight excluding hydrogens is 294 g/mol. The Morgan fingerprint density at radius 1 is 1.24 bits per heavy atom. The van der Waals surface area contributed by atoms with Gasteiger partial charge in [0.15, 0.2) is 9.84 Å². The summed E-state index contributed by atoms with van der Waals surface area (Å²) in [6.45, 7) is 2.37. The summed E-state index contributed by atoms with van der Waals surface area (Å²) in [6.07, 6.45) is -0.698. The second-order valence-corrected chi connectivity index (χ2v) is 7.05. The van der Waals surface area contributed by atoms with Gasteiger partial charge in [-0.05, 0) is 24.3 Å². The van der Waals surface area contributed by atoms with Gasteiger partial charge in [-0.25, -0.2) is 8.42 Å². The highest BCUT2D eigenvalue weighted by atomic mass is 32.2. The largest absolute Gasteiger partial charge is 0.497 e. The third kappa shape index (κ3) is 7.31. The van der Waals surface area contributed by atoms with Gasteiger partial charge in [0.05, 0.1) is 12.9 Å². The van der Waals surface area contributed by atoms with Crippen molar-refractivity contribution in [1.29, 1.82) is 0 Å². The van der Waals surface area contributed by atoms with Crippen LogP contribution >= 0.6 is 0 Å². The zero-order valence-corrected chi connectivity index (χ0v) is 13.2. The van der Waals surface area contributed by atoms with E-state index < -0.39 is 15.9 Å². The first kappa shape index (κ1) is 17.7. The fraction of sp³-hybridized carbons (Fsp3) is 0.571. The lowest BCUT2D eigenvalue weighted by Crippen LogP contribution is -2.34. The molecule has 0 aromatic heterocycles. The van der Waals surface area contributed by atoms with Crippen molar-refractivity contribution in [1.82, 2.24) is 5.32 Å². The van der Waals surface area contributed by atoms with E-state index in [9.17, 15) is 13.5 Å². The van der Waals surface area contributed by atoms with Crippen LogP contribution in [0.25, 0.3) is 0 Å². The number of benzene rings is 1. The molecule has 1 unspecified atom stereocenters. The van der Waals surface area contributed by atoms with Gasteiger partial charge in [-0.1, -0.05) is 6.92 Å². The normalized spacial score (nSPS) is 12.9. The monoisotopic (exact) mass is 317 g/mol. The molecular formula is C14H23NO5S. The summed E-state index contributed by atoms with van der Waals surface area (Å²) in [4.78, 5) is 0. The molecule has 0 bridgehead atoms. The number of aliphatic hydroxyl groups excluding tert-OH is 1. The lowest BCUT2D eigenvalue weighted by atomic mass is 10.3. The van der Waals surface area contributed by atoms with E-state index in [4.69, 9.17) is 9.47 Å². The first-order chi connectivity index (χ1) is 9.96. The fourth-order valence-electron chi connectivity index (χ4n) is 1.56. The maximum Gasteiger partial charge on any atom is 0.151 e. The van der Waals surface area contributed by atoms with Gasteiger partial charge in [0, 0.05) is 18.8 Å². The summed E-state index contributed by atoms with van der Waals surface area (Å²) < 4.78 is 33.0. The second kappa shape index (κ2) is 8.86. The molecule has 1 aromatic carbocycles. The third-order valence-corrected chi connectivity index (χ3v) is 4.62. The van der Waals surface area contributed by atoms with Gasteiger partial charge in [0.2, 0.25) is 0 Å². The van der Waals surface area contributed by atoms with E-state index in [1.54, 1.807) is 38.3 Å². The van der Waals surface area contributed by atoms with E-state index in [2.05, 4.69) is 5.32 Å². The molecule has 0 saturated carbocycles. The molecule has 0 fully saturated rings. The van der Waals surface area contributed by atoms with Crippen LogP contribution in [-0.4, -0.2) is 57.9 Å². The third-order valence-electron chi connectivity index (χ3n) is 2.91. The Morgan fingerprint density at radius 3 is 2.43 bits per heavy atom. The van der Waals surface area contributed by atoms with Crippen molar-refractivity contribution in [2.75, 3.05) is 38.3 Å². The zero-order valence-electron chi connectivity index (χ0n) is 12.4. The Morgan fingerprint density at radius 2 is 1.86 bits per heavy atom. The molecule has 7 heteroatoms. The van der Waals surface area contributed by atoms with Gasteiger partial charge in [0.1, 0.15) is 24.2 Å². The lowest BCUT2D eigenvalue weighted by Gasteiger charge is -2.13. The van der Waals surface area contributed by atoms with Crippen molar-refractivity contribution in [2.24, 2.45) is 0 Å². The second-order valence-electron chi connectivity index (χ2n) is 4.58. The maximum absolute atomic E-state index is 11.3. The molecule has 0 heterocycles.